The standard InChI is InChI=1S/C9H8N2O2.C4H4O4/c12-11(13)9-6-3-5-8-4-1-2-7-10(8)9;5-3(6)1-2-4(7)8/h1-6H,7H2;1-2H,(H,5,6)(H,7,8)/b;2-1-. The van der Waals surface area contributed by atoms with Gasteiger partial charge in [0.1, 0.15) is 12.2 Å². The molecule has 0 aromatic heterocycles. The zero-order valence-electron chi connectivity index (χ0n) is 10.7. The lowest BCUT2D eigenvalue weighted by molar-refractivity contribution is -0.444. The van der Waals surface area contributed by atoms with Gasteiger partial charge < -0.3 is 20.3 Å². The van der Waals surface area contributed by atoms with Crippen LogP contribution in [0.4, 0.5) is 0 Å². The Hall–Kier alpha value is -3.16. The highest BCUT2D eigenvalue weighted by Crippen LogP contribution is 2.21. The van der Waals surface area contributed by atoms with Gasteiger partial charge in [-0.25, -0.2) is 14.5 Å². The smallest absolute Gasteiger partial charge is 0.328 e. The first-order valence-corrected chi connectivity index (χ1v) is 5.73. The fraction of sp³-hybridized carbons (Fsp3) is 0.0769. The molecule has 110 valence electrons. The summed E-state index contributed by atoms with van der Waals surface area (Å²) in [5.41, 5.74) is 0.872. The van der Waals surface area contributed by atoms with Crippen LogP contribution in [0.2, 0.25) is 0 Å². The van der Waals surface area contributed by atoms with E-state index in [1.807, 2.05) is 24.3 Å². The maximum atomic E-state index is 10.6. The van der Waals surface area contributed by atoms with Crippen LogP contribution in [0.1, 0.15) is 0 Å². The number of fused-ring (bicyclic) bond motifs is 1. The molecule has 8 nitrogen and oxygen atoms in total. The number of hydrogen-bond donors (Lipinski definition) is 2. The van der Waals surface area contributed by atoms with Crippen LogP contribution in [0, 0.1) is 10.1 Å². The second kappa shape index (κ2) is 7.43. The van der Waals surface area contributed by atoms with E-state index in [0.717, 1.165) is 5.70 Å². The van der Waals surface area contributed by atoms with Crippen molar-refractivity contribution < 1.29 is 24.7 Å². The van der Waals surface area contributed by atoms with Crippen molar-refractivity contribution in [3.8, 4) is 0 Å². The van der Waals surface area contributed by atoms with Crippen LogP contribution in [0.15, 0.2) is 60.1 Å². The molecule has 0 aliphatic carbocycles. The van der Waals surface area contributed by atoms with E-state index < -0.39 is 11.9 Å². The third-order valence-electron chi connectivity index (χ3n) is 2.35. The van der Waals surface area contributed by atoms with E-state index in [0.29, 0.717) is 18.7 Å². The second-order valence-electron chi connectivity index (χ2n) is 3.78. The van der Waals surface area contributed by atoms with E-state index in [1.54, 1.807) is 11.0 Å². The van der Waals surface area contributed by atoms with Crippen molar-refractivity contribution in [2.75, 3.05) is 6.54 Å². The molecule has 0 unspecified atom stereocenters. The summed E-state index contributed by atoms with van der Waals surface area (Å²) in [7, 11) is 0. The van der Waals surface area contributed by atoms with Gasteiger partial charge in [-0.05, 0) is 29.2 Å². The van der Waals surface area contributed by atoms with Crippen LogP contribution in [0.5, 0.6) is 0 Å². The predicted octanol–water partition coefficient (Wildman–Crippen LogP) is 1.14. The molecule has 2 rings (SSSR count). The summed E-state index contributed by atoms with van der Waals surface area (Å²) >= 11 is 0. The summed E-state index contributed by atoms with van der Waals surface area (Å²) in [6.45, 7) is 0.572. The first kappa shape index (κ1) is 15.9. The molecule has 2 aliphatic heterocycles. The number of nitrogens with zero attached hydrogens (tertiary/aromatic N) is 2. The quantitative estimate of drug-likeness (QED) is 0.454. The molecule has 0 radical (unpaired) electrons. The lowest BCUT2D eigenvalue weighted by atomic mass is 10.2. The van der Waals surface area contributed by atoms with Crippen LogP contribution < -0.4 is 0 Å². The van der Waals surface area contributed by atoms with Gasteiger partial charge in [0.05, 0.1) is 0 Å². The lowest BCUT2D eigenvalue weighted by Crippen LogP contribution is -2.28. The Morgan fingerprint density at radius 3 is 2.33 bits per heavy atom. The topological polar surface area (TPSA) is 121 Å². The molecule has 21 heavy (non-hydrogen) atoms. The van der Waals surface area contributed by atoms with Gasteiger partial charge in [-0.2, -0.15) is 0 Å². The fourth-order valence-electron chi connectivity index (χ4n) is 1.52. The van der Waals surface area contributed by atoms with E-state index in [1.165, 1.54) is 6.08 Å². The molecule has 8 heteroatoms. The van der Waals surface area contributed by atoms with Crippen molar-refractivity contribution >= 4 is 11.9 Å². The van der Waals surface area contributed by atoms with Gasteiger partial charge in [0, 0.05) is 18.2 Å². The Labute approximate surface area is 119 Å². The molecular weight excluding hydrogens is 280 g/mol. The average Bonchev–Trinajstić information content (AvgIpc) is 2.45. The van der Waals surface area contributed by atoms with Gasteiger partial charge in [0.25, 0.3) is 0 Å². The Morgan fingerprint density at radius 2 is 1.81 bits per heavy atom. The molecule has 0 aromatic rings. The molecule has 0 aromatic carbocycles. The zero-order chi connectivity index (χ0) is 15.8. The van der Waals surface area contributed by atoms with Crippen LogP contribution in [-0.4, -0.2) is 38.5 Å². The van der Waals surface area contributed by atoms with Crippen LogP contribution in [0.3, 0.4) is 0 Å². The zero-order valence-corrected chi connectivity index (χ0v) is 10.7. The molecule has 0 spiro atoms. The molecular formula is C13H12N2O6. The molecule has 0 fully saturated rings. The van der Waals surface area contributed by atoms with E-state index >= 15 is 0 Å². The summed E-state index contributed by atoms with van der Waals surface area (Å²) in [5, 5.41) is 26.2. The van der Waals surface area contributed by atoms with E-state index in [9.17, 15) is 19.7 Å². The summed E-state index contributed by atoms with van der Waals surface area (Å²) in [6, 6.07) is 0. The monoisotopic (exact) mass is 292 g/mol. The molecule has 2 heterocycles. The van der Waals surface area contributed by atoms with Crippen molar-refractivity contribution in [2.24, 2.45) is 0 Å². The highest BCUT2D eigenvalue weighted by atomic mass is 16.6. The Morgan fingerprint density at radius 1 is 1.19 bits per heavy atom. The maximum absolute atomic E-state index is 10.6. The SMILES string of the molecule is O=C(O)/C=C\C(=O)O.O=[N+]([O-])C1=CC=CC2=CC=CCN21. The number of rotatable bonds is 3. The Balaban J connectivity index is 0.000000240. The van der Waals surface area contributed by atoms with Gasteiger partial charge >= 0.3 is 17.8 Å². The average molecular weight is 292 g/mol. The van der Waals surface area contributed by atoms with Crippen molar-refractivity contribution in [3.63, 3.8) is 0 Å². The minimum absolute atomic E-state index is 0.137. The first-order chi connectivity index (χ1) is 9.91. The van der Waals surface area contributed by atoms with Crippen LogP contribution in [0.25, 0.3) is 0 Å². The Kier molecular flexibility index (Phi) is 5.63. The fourth-order valence-corrected chi connectivity index (χ4v) is 1.52. The number of nitro groups is 1. The predicted molar refractivity (Wildman–Crippen MR) is 72.6 cm³/mol. The molecule has 0 bridgehead atoms. The van der Waals surface area contributed by atoms with Crippen LogP contribution in [-0.2, 0) is 9.59 Å². The van der Waals surface area contributed by atoms with Crippen molar-refractivity contribution in [3.05, 3.63) is 70.2 Å². The van der Waals surface area contributed by atoms with E-state index in [2.05, 4.69) is 0 Å². The third kappa shape index (κ3) is 5.15. The highest BCUT2D eigenvalue weighted by molar-refractivity contribution is 5.89. The van der Waals surface area contributed by atoms with Gasteiger partial charge in [-0.1, -0.05) is 6.08 Å². The van der Waals surface area contributed by atoms with Crippen molar-refractivity contribution in [1.29, 1.82) is 0 Å². The van der Waals surface area contributed by atoms with E-state index in [4.69, 9.17) is 10.2 Å². The minimum atomic E-state index is -1.26. The second-order valence-corrected chi connectivity index (χ2v) is 3.78. The normalized spacial score (nSPS) is 15.5. The number of aliphatic carboxylic acids is 2. The third-order valence-corrected chi connectivity index (χ3v) is 2.35. The Bertz CT molecular complexity index is 582. The maximum Gasteiger partial charge on any atom is 0.328 e. The minimum Gasteiger partial charge on any atom is -0.478 e. The van der Waals surface area contributed by atoms with E-state index in [-0.39, 0.29) is 10.7 Å². The van der Waals surface area contributed by atoms with Gasteiger partial charge in [-0.15, -0.1) is 0 Å². The summed E-state index contributed by atoms with van der Waals surface area (Å²) in [6.07, 6.45) is 11.8. The number of carbonyl (C=O) groups is 2. The van der Waals surface area contributed by atoms with Crippen molar-refractivity contribution in [1.82, 2.24) is 4.90 Å². The molecule has 2 N–H and O–H groups in total. The number of allylic oxidation sites excluding steroid dienone is 5. The summed E-state index contributed by atoms with van der Waals surface area (Å²) < 4.78 is 0. The molecule has 2 aliphatic rings. The molecule has 0 amide bonds. The summed E-state index contributed by atoms with van der Waals surface area (Å²) in [5.74, 6) is -2.38. The highest BCUT2D eigenvalue weighted by Gasteiger charge is 2.25. The van der Waals surface area contributed by atoms with Crippen LogP contribution >= 0.6 is 0 Å². The van der Waals surface area contributed by atoms with Gasteiger partial charge in [0.2, 0.25) is 0 Å². The number of hydrogen-bond acceptors (Lipinski definition) is 5. The lowest BCUT2D eigenvalue weighted by Gasteiger charge is -2.21. The van der Waals surface area contributed by atoms with Crippen molar-refractivity contribution in [2.45, 2.75) is 0 Å². The summed E-state index contributed by atoms with van der Waals surface area (Å²) in [4.78, 5) is 31.0. The molecule has 0 saturated carbocycles. The largest absolute Gasteiger partial charge is 0.478 e. The number of carboxylic acid groups (broad SMARTS) is 2. The molecule has 0 saturated heterocycles. The molecule has 0 atom stereocenters. The van der Waals surface area contributed by atoms with Gasteiger partial charge in [-0.3, -0.25) is 0 Å². The first-order valence-electron chi connectivity index (χ1n) is 5.73. The van der Waals surface area contributed by atoms with Gasteiger partial charge in [0.15, 0.2) is 0 Å². The number of carboxylic acids is 2.